The minimum absolute atomic E-state index is 0.0290. The molecule has 1 rings (SSSR count). The molecule has 1 N–H and O–H groups in total. The molecule has 0 bridgehead atoms. The van der Waals surface area contributed by atoms with Crippen molar-refractivity contribution in [3.05, 3.63) is 52.1 Å². The molecule has 15 heavy (non-hydrogen) atoms. The maximum atomic E-state index is 10.4. The molecule has 0 saturated heterocycles. The molecule has 1 aromatic rings. The third-order valence-electron chi connectivity index (χ3n) is 2.03. The Balaban J connectivity index is 2.79. The lowest BCUT2D eigenvalue weighted by Crippen LogP contribution is -1.98. The third-order valence-corrected chi connectivity index (χ3v) is 2.03. The van der Waals surface area contributed by atoms with E-state index in [2.05, 4.69) is 6.58 Å². The van der Waals surface area contributed by atoms with Crippen LogP contribution in [0.15, 0.2) is 36.4 Å². The molecule has 0 aliphatic carbocycles. The summed E-state index contributed by atoms with van der Waals surface area (Å²) in [6, 6.07) is 5.89. The lowest BCUT2D eigenvalue weighted by atomic mass is 10.0. The molecule has 0 radical (unpaired) electrons. The van der Waals surface area contributed by atoms with E-state index in [-0.39, 0.29) is 5.69 Å². The van der Waals surface area contributed by atoms with Crippen molar-refractivity contribution in [3.8, 4) is 0 Å². The fourth-order valence-electron chi connectivity index (χ4n) is 1.27. The van der Waals surface area contributed by atoms with Crippen molar-refractivity contribution in [3.63, 3.8) is 0 Å². The van der Waals surface area contributed by atoms with Crippen molar-refractivity contribution < 1.29 is 10.0 Å². The predicted octanol–water partition coefficient (Wildman–Crippen LogP) is 2.59. The normalized spacial score (nSPS) is 12.1. The predicted molar refractivity (Wildman–Crippen MR) is 57.5 cm³/mol. The van der Waals surface area contributed by atoms with Gasteiger partial charge in [0.15, 0.2) is 0 Å². The number of nitro groups is 1. The van der Waals surface area contributed by atoms with Crippen LogP contribution in [0, 0.1) is 10.1 Å². The second-order valence-corrected chi connectivity index (χ2v) is 3.53. The van der Waals surface area contributed by atoms with Crippen molar-refractivity contribution in [2.24, 2.45) is 0 Å². The van der Waals surface area contributed by atoms with E-state index in [9.17, 15) is 15.2 Å². The van der Waals surface area contributed by atoms with Crippen LogP contribution in [0.4, 0.5) is 5.69 Å². The summed E-state index contributed by atoms with van der Waals surface area (Å²) in [5.74, 6) is 0. The largest absolute Gasteiger partial charge is 0.388 e. The Bertz CT molecular complexity index is 370. The quantitative estimate of drug-likeness (QED) is 0.469. The highest BCUT2D eigenvalue weighted by atomic mass is 16.6. The summed E-state index contributed by atoms with van der Waals surface area (Å²) in [4.78, 5) is 9.93. The van der Waals surface area contributed by atoms with Gasteiger partial charge in [0.2, 0.25) is 0 Å². The van der Waals surface area contributed by atoms with E-state index in [1.807, 2.05) is 6.92 Å². The smallest absolute Gasteiger partial charge is 0.269 e. The van der Waals surface area contributed by atoms with Gasteiger partial charge in [0.25, 0.3) is 5.69 Å². The van der Waals surface area contributed by atoms with Crippen LogP contribution in [0.1, 0.15) is 25.0 Å². The molecule has 4 heteroatoms. The van der Waals surface area contributed by atoms with Crippen LogP contribution in [0.5, 0.6) is 0 Å². The second-order valence-electron chi connectivity index (χ2n) is 3.53. The number of hydrogen-bond donors (Lipinski definition) is 1. The van der Waals surface area contributed by atoms with Crippen LogP contribution < -0.4 is 0 Å². The van der Waals surface area contributed by atoms with E-state index in [1.165, 1.54) is 12.1 Å². The van der Waals surface area contributed by atoms with E-state index in [0.717, 1.165) is 5.57 Å². The molecular weight excluding hydrogens is 194 g/mol. The Morgan fingerprint density at radius 3 is 2.47 bits per heavy atom. The zero-order valence-electron chi connectivity index (χ0n) is 8.51. The van der Waals surface area contributed by atoms with Gasteiger partial charge in [0.1, 0.15) is 0 Å². The van der Waals surface area contributed by atoms with Crippen molar-refractivity contribution >= 4 is 5.69 Å². The summed E-state index contributed by atoms with van der Waals surface area (Å²) in [5, 5.41) is 20.1. The van der Waals surface area contributed by atoms with Crippen molar-refractivity contribution in [1.82, 2.24) is 0 Å². The van der Waals surface area contributed by atoms with E-state index in [0.29, 0.717) is 12.0 Å². The second kappa shape index (κ2) is 4.70. The van der Waals surface area contributed by atoms with Crippen LogP contribution in [-0.4, -0.2) is 10.0 Å². The minimum Gasteiger partial charge on any atom is -0.388 e. The Morgan fingerprint density at radius 1 is 1.53 bits per heavy atom. The molecule has 0 aromatic heterocycles. The molecule has 1 unspecified atom stereocenters. The number of nitrogens with zero attached hydrogens (tertiary/aromatic N) is 1. The van der Waals surface area contributed by atoms with Gasteiger partial charge in [-0.1, -0.05) is 5.57 Å². The first-order valence-corrected chi connectivity index (χ1v) is 4.57. The fourth-order valence-corrected chi connectivity index (χ4v) is 1.27. The van der Waals surface area contributed by atoms with Gasteiger partial charge in [-0.15, -0.1) is 6.58 Å². The molecule has 0 fully saturated rings. The SMILES string of the molecule is C=C(C)CC(O)c1ccc([N+](=O)[O-])cc1. The van der Waals surface area contributed by atoms with E-state index in [1.54, 1.807) is 12.1 Å². The van der Waals surface area contributed by atoms with Gasteiger partial charge in [0, 0.05) is 12.1 Å². The molecule has 0 spiro atoms. The van der Waals surface area contributed by atoms with Crippen LogP contribution in [0.25, 0.3) is 0 Å². The maximum Gasteiger partial charge on any atom is 0.269 e. The lowest BCUT2D eigenvalue weighted by molar-refractivity contribution is -0.384. The highest BCUT2D eigenvalue weighted by molar-refractivity contribution is 5.34. The van der Waals surface area contributed by atoms with Gasteiger partial charge >= 0.3 is 0 Å². The topological polar surface area (TPSA) is 63.4 Å². The number of nitro benzene ring substituents is 1. The zero-order valence-corrected chi connectivity index (χ0v) is 8.51. The average molecular weight is 207 g/mol. The Kier molecular flexibility index (Phi) is 3.57. The summed E-state index contributed by atoms with van der Waals surface area (Å²) in [5.41, 5.74) is 1.57. The van der Waals surface area contributed by atoms with Gasteiger partial charge in [-0.2, -0.15) is 0 Å². The summed E-state index contributed by atoms with van der Waals surface area (Å²) in [7, 11) is 0. The first-order valence-electron chi connectivity index (χ1n) is 4.57. The molecule has 80 valence electrons. The maximum absolute atomic E-state index is 10.4. The van der Waals surface area contributed by atoms with Gasteiger partial charge in [0.05, 0.1) is 11.0 Å². The number of rotatable bonds is 4. The van der Waals surface area contributed by atoms with Crippen LogP contribution in [0.3, 0.4) is 0 Å². The van der Waals surface area contributed by atoms with Crippen LogP contribution in [-0.2, 0) is 0 Å². The summed E-state index contributed by atoms with van der Waals surface area (Å²) >= 11 is 0. The molecule has 0 saturated carbocycles. The summed E-state index contributed by atoms with van der Waals surface area (Å²) in [6.07, 6.45) is -0.166. The van der Waals surface area contributed by atoms with Crippen molar-refractivity contribution in [2.75, 3.05) is 0 Å². The lowest BCUT2D eigenvalue weighted by Gasteiger charge is -2.09. The molecule has 0 aliphatic heterocycles. The standard InChI is InChI=1S/C11H13NO3/c1-8(2)7-11(13)9-3-5-10(6-4-9)12(14)15/h3-6,11,13H,1,7H2,2H3. The number of non-ortho nitro benzene ring substituents is 1. The van der Waals surface area contributed by atoms with Crippen molar-refractivity contribution in [2.45, 2.75) is 19.4 Å². The Labute approximate surface area is 88.0 Å². The molecular formula is C11H13NO3. The van der Waals surface area contributed by atoms with Gasteiger partial charge in [-0.05, 0) is 31.0 Å². The highest BCUT2D eigenvalue weighted by Crippen LogP contribution is 2.22. The van der Waals surface area contributed by atoms with Crippen LogP contribution in [0.2, 0.25) is 0 Å². The molecule has 0 heterocycles. The first kappa shape index (κ1) is 11.4. The molecule has 1 aromatic carbocycles. The highest BCUT2D eigenvalue weighted by Gasteiger charge is 2.10. The zero-order chi connectivity index (χ0) is 11.4. The number of aliphatic hydroxyl groups excluding tert-OH is 1. The number of benzene rings is 1. The first-order chi connectivity index (χ1) is 7.00. The average Bonchev–Trinajstić information content (AvgIpc) is 2.17. The van der Waals surface area contributed by atoms with Gasteiger partial charge < -0.3 is 5.11 Å². The number of aliphatic hydroxyl groups is 1. The summed E-state index contributed by atoms with van der Waals surface area (Å²) < 4.78 is 0. The molecule has 0 aliphatic rings. The Hall–Kier alpha value is -1.68. The summed E-state index contributed by atoms with van der Waals surface area (Å²) in [6.45, 7) is 5.53. The minimum atomic E-state index is -0.636. The van der Waals surface area contributed by atoms with Gasteiger partial charge in [-0.25, -0.2) is 0 Å². The van der Waals surface area contributed by atoms with E-state index in [4.69, 9.17) is 0 Å². The van der Waals surface area contributed by atoms with E-state index >= 15 is 0 Å². The van der Waals surface area contributed by atoms with E-state index < -0.39 is 11.0 Å². The molecule has 1 atom stereocenters. The molecule has 0 amide bonds. The Morgan fingerprint density at radius 2 is 2.07 bits per heavy atom. The number of hydrogen-bond acceptors (Lipinski definition) is 3. The molecule has 4 nitrogen and oxygen atoms in total. The van der Waals surface area contributed by atoms with Gasteiger partial charge in [-0.3, -0.25) is 10.1 Å². The van der Waals surface area contributed by atoms with Crippen LogP contribution >= 0.6 is 0 Å². The monoisotopic (exact) mass is 207 g/mol. The fraction of sp³-hybridized carbons (Fsp3) is 0.273. The van der Waals surface area contributed by atoms with Crippen molar-refractivity contribution in [1.29, 1.82) is 0 Å². The third kappa shape index (κ3) is 3.18.